The third-order valence-electron chi connectivity index (χ3n) is 2.93. The third kappa shape index (κ3) is 3.31. The maximum atomic E-state index is 13.0. The maximum Gasteiger partial charge on any atom is 0.167 e. The zero-order valence-electron chi connectivity index (χ0n) is 10.2. The average molecular weight is 386 g/mol. The molecule has 2 aromatic carbocycles. The normalized spacial score (nSPS) is 10.5. The zero-order chi connectivity index (χ0) is 14.0. The van der Waals surface area contributed by atoms with Gasteiger partial charge in [-0.05, 0) is 36.2 Å². The van der Waals surface area contributed by atoms with Gasteiger partial charge in [-0.1, -0.05) is 50.1 Å². The summed E-state index contributed by atoms with van der Waals surface area (Å²) in [6, 6.07) is 9.91. The van der Waals surface area contributed by atoms with E-state index in [0.717, 1.165) is 15.6 Å². The molecule has 4 heteroatoms. The van der Waals surface area contributed by atoms with E-state index in [-0.39, 0.29) is 18.0 Å². The van der Waals surface area contributed by atoms with Gasteiger partial charge in [-0.2, -0.15) is 0 Å². The monoisotopic (exact) mass is 384 g/mol. The number of hydrogen-bond acceptors (Lipinski definition) is 1. The number of halogens is 3. The van der Waals surface area contributed by atoms with Crippen LogP contribution in [-0.2, 0) is 6.42 Å². The molecule has 0 aliphatic heterocycles. The summed E-state index contributed by atoms with van der Waals surface area (Å²) in [6.07, 6.45) is 0.248. The van der Waals surface area contributed by atoms with Crippen LogP contribution < -0.4 is 0 Å². The number of Topliss-reactive ketones (excluding diaryl/α,β-unsaturated/α-hetero) is 1. The molecule has 0 amide bonds. The van der Waals surface area contributed by atoms with Crippen LogP contribution in [0.5, 0.6) is 0 Å². The van der Waals surface area contributed by atoms with Gasteiger partial charge in [0.25, 0.3) is 0 Å². The van der Waals surface area contributed by atoms with Crippen LogP contribution in [0.3, 0.4) is 0 Å². The summed E-state index contributed by atoms with van der Waals surface area (Å²) in [5.41, 5.74) is 2.39. The van der Waals surface area contributed by atoms with Crippen molar-refractivity contribution in [3.8, 4) is 0 Å². The standard InChI is InChI=1S/C15H11Br2FO/c1-9-12(3-2-4-13(9)16)15(19)7-10-5-6-11(18)8-14(10)17/h2-6,8H,7H2,1H3. The number of ketones is 1. The topological polar surface area (TPSA) is 17.1 Å². The fraction of sp³-hybridized carbons (Fsp3) is 0.133. The summed E-state index contributed by atoms with van der Waals surface area (Å²) in [7, 11) is 0. The van der Waals surface area contributed by atoms with E-state index in [1.807, 2.05) is 19.1 Å². The highest BCUT2D eigenvalue weighted by Gasteiger charge is 2.13. The molecule has 0 fully saturated rings. The summed E-state index contributed by atoms with van der Waals surface area (Å²) in [6.45, 7) is 1.90. The molecule has 0 aliphatic rings. The third-order valence-corrected chi connectivity index (χ3v) is 4.53. The first-order valence-electron chi connectivity index (χ1n) is 5.71. The van der Waals surface area contributed by atoms with Crippen LogP contribution in [0.2, 0.25) is 0 Å². The molecular weight excluding hydrogens is 375 g/mol. The molecule has 2 aromatic rings. The van der Waals surface area contributed by atoms with Crippen LogP contribution >= 0.6 is 31.9 Å². The Labute approximate surface area is 128 Å². The molecule has 0 bridgehead atoms. The molecule has 98 valence electrons. The molecule has 1 nitrogen and oxygen atoms in total. The van der Waals surface area contributed by atoms with E-state index in [2.05, 4.69) is 31.9 Å². The summed E-state index contributed by atoms with van der Waals surface area (Å²) >= 11 is 6.69. The van der Waals surface area contributed by atoms with Crippen molar-refractivity contribution in [1.29, 1.82) is 0 Å². The number of carbonyl (C=O) groups is 1. The number of rotatable bonds is 3. The first-order chi connectivity index (χ1) is 8.99. The fourth-order valence-electron chi connectivity index (χ4n) is 1.84. The molecule has 0 aromatic heterocycles. The van der Waals surface area contributed by atoms with Gasteiger partial charge in [0.05, 0.1) is 0 Å². The van der Waals surface area contributed by atoms with Gasteiger partial charge >= 0.3 is 0 Å². The lowest BCUT2D eigenvalue weighted by atomic mass is 9.99. The molecule has 0 spiro atoms. The van der Waals surface area contributed by atoms with Crippen LogP contribution in [0.4, 0.5) is 4.39 Å². The van der Waals surface area contributed by atoms with Crippen LogP contribution in [0.15, 0.2) is 45.3 Å². The Morgan fingerprint density at radius 3 is 2.58 bits per heavy atom. The van der Waals surface area contributed by atoms with E-state index >= 15 is 0 Å². The smallest absolute Gasteiger partial charge is 0.167 e. The van der Waals surface area contributed by atoms with Gasteiger partial charge in [-0.3, -0.25) is 4.79 Å². The van der Waals surface area contributed by atoms with Crippen molar-refractivity contribution in [1.82, 2.24) is 0 Å². The summed E-state index contributed by atoms with van der Waals surface area (Å²) in [5.74, 6) is -0.298. The number of benzene rings is 2. The number of hydrogen-bond donors (Lipinski definition) is 0. The summed E-state index contributed by atoms with van der Waals surface area (Å²) < 4.78 is 14.5. The van der Waals surface area contributed by atoms with Crippen molar-refractivity contribution in [2.24, 2.45) is 0 Å². The average Bonchev–Trinajstić information content (AvgIpc) is 2.36. The zero-order valence-corrected chi connectivity index (χ0v) is 13.4. The molecule has 0 saturated carbocycles. The van der Waals surface area contributed by atoms with Gasteiger partial charge in [-0.25, -0.2) is 4.39 Å². The van der Waals surface area contributed by atoms with Crippen molar-refractivity contribution in [2.75, 3.05) is 0 Å². The highest BCUT2D eigenvalue weighted by molar-refractivity contribution is 9.10. The van der Waals surface area contributed by atoms with Gasteiger partial charge in [0.1, 0.15) is 5.82 Å². The SMILES string of the molecule is Cc1c(Br)cccc1C(=O)Cc1ccc(F)cc1Br. The highest BCUT2D eigenvalue weighted by Crippen LogP contribution is 2.23. The molecule has 19 heavy (non-hydrogen) atoms. The minimum Gasteiger partial charge on any atom is -0.294 e. The predicted octanol–water partition coefficient (Wildman–Crippen LogP) is 5.08. The van der Waals surface area contributed by atoms with Gasteiger partial charge in [0, 0.05) is 20.9 Å². The highest BCUT2D eigenvalue weighted by atomic mass is 79.9. The van der Waals surface area contributed by atoms with E-state index in [1.165, 1.54) is 12.1 Å². The quantitative estimate of drug-likeness (QED) is 0.673. The first kappa shape index (κ1) is 14.4. The van der Waals surface area contributed by atoms with E-state index in [4.69, 9.17) is 0 Å². The molecule has 0 unspecified atom stereocenters. The second-order valence-corrected chi connectivity index (χ2v) is 5.96. The van der Waals surface area contributed by atoms with Crippen LogP contribution in [0.1, 0.15) is 21.5 Å². The Bertz CT molecular complexity index is 638. The Balaban J connectivity index is 2.28. The number of carbonyl (C=O) groups excluding carboxylic acids is 1. The lowest BCUT2D eigenvalue weighted by molar-refractivity contribution is 0.0992. The Kier molecular flexibility index (Phi) is 4.53. The van der Waals surface area contributed by atoms with Gasteiger partial charge in [-0.15, -0.1) is 0 Å². The van der Waals surface area contributed by atoms with Crippen LogP contribution in [-0.4, -0.2) is 5.78 Å². The Hall–Kier alpha value is -1.00. The van der Waals surface area contributed by atoms with Gasteiger partial charge in [0.2, 0.25) is 0 Å². The molecule has 0 saturated heterocycles. The lowest BCUT2D eigenvalue weighted by Gasteiger charge is -2.08. The van der Waals surface area contributed by atoms with Crippen molar-refractivity contribution >= 4 is 37.6 Å². The van der Waals surface area contributed by atoms with Crippen molar-refractivity contribution in [3.05, 3.63) is 67.9 Å². The molecule has 0 heterocycles. The van der Waals surface area contributed by atoms with Gasteiger partial charge in [0.15, 0.2) is 5.78 Å². The Morgan fingerprint density at radius 1 is 1.16 bits per heavy atom. The molecule has 0 radical (unpaired) electrons. The second kappa shape index (κ2) is 5.97. The summed E-state index contributed by atoms with van der Waals surface area (Å²) in [5, 5.41) is 0. The van der Waals surface area contributed by atoms with Crippen LogP contribution in [0, 0.1) is 12.7 Å². The van der Waals surface area contributed by atoms with Crippen molar-refractivity contribution in [3.63, 3.8) is 0 Å². The Morgan fingerprint density at radius 2 is 1.89 bits per heavy atom. The minimum absolute atomic E-state index is 0.0195. The molecular formula is C15H11Br2FO. The summed E-state index contributed by atoms with van der Waals surface area (Å²) in [4.78, 5) is 12.3. The van der Waals surface area contributed by atoms with Gasteiger partial charge < -0.3 is 0 Å². The minimum atomic E-state index is -0.318. The van der Waals surface area contributed by atoms with E-state index in [9.17, 15) is 9.18 Å². The molecule has 0 N–H and O–H groups in total. The predicted molar refractivity (Wildman–Crippen MR) is 81.0 cm³/mol. The van der Waals surface area contributed by atoms with E-state index < -0.39 is 0 Å². The van der Waals surface area contributed by atoms with E-state index in [0.29, 0.717) is 10.0 Å². The van der Waals surface area contributed by atoms with E-state index in [1.54, 1.807) is 12.1 Å². The largest absolute Gasteiger partial charge is 0.294 e. The lowest BCUT2D eigenvalue weighted by Crippen LogP contribution is -2.06. The first-order valence-corrected chi connectivity index (χ1v) is 7.30. The molecule has 0 aliphatic carbocycles. The van der Waals surface area contributed by atoms with Crippen LogP contribution in [0.25, 0.3) is 0 Å². The second-order valence-electron chi connectivity index (χ2n) is 4.25. The fourth-order valence-corrected chi connectivity index (χ4v) is 2.70. The van der Waals surface area contributed by atoms with Crippen molar-refractivity contribution < 1.29 is 9.18 Å². The maximum absolute atomic E-state index is 13.0. The molecule has 2 rings (SSSR count). The molecule has 0 atom stereocenters. The van der Waals surface area contributed by atoms with Crippen molar-refractivity contribution in [2.45, 2.75) is 13.3 Å².